The molecule has 32 heavy (non-hydrogen) atoms. The highest BCUT2D eigenvalue weighted by Gasteiger charge is 2.10. The molecule has 4 heterocycles. The first-order valence-corrected chi connectivity index (χ1v) is 10.6. The lowest BCUT2D eigenvalue weighted by atomic mass is 10.2. The lowest BCUT2D eigenvalue weighted by Crippen LogP contribution is -2.11. The number of hydrogen-bond donors (Lipinski definition) is 1. The van der Waals surface area contributed by atoms with E-state index in [0.29, 0.717) is 29.4 Å². The summed E-state index contributed by atoms with van der Waals surface area (Å²) in [5, 5.41) is 7.14. The number of hydrogen-bond acceptors (Lipinski definition) is 5. The van der Waals surface area contributed by atoms with Crippen LogP contribution in [0.25, 0.3) is 5.65 Å². The van der Waals surface area contributed by atoms with Gasteiger partial charge in [0.15, 0.2) is 0 Å². The minimum absolute atomic E-state index is 0.279. The van der Waals surface area contributed by atoms with Gasteiger partial charge in [-0.15, -0.1) is 0 Å². The Morgan fingerprint density at radius 2 is 2.00 bits per heavy atom. The molecule has 9 heteroatoms. The number of imidazole rings is 1. The van der Waals surface area contributed by atoms with Crippen molar-refractivity contribution in [3.05, 3.63) is 101 Å². The van der Waals surface area contributed by atoms with Gasteiger partial charge in [0.25, 0.3) is 5.91 Å². The maximum Gasteiger partial charge on any atom is 0.257 e. The van der Waals surface area contributed by atoms with Gasteiger partial charge < -0.3 is 14.5 Å². The fourth-order valence-corrected chi connectivity index (χ4v) is 3.55. The molecule has 0 saturated heterocycles. The Labute approximate surface area is 191 Å². The number of aromatic nitrogens is 5. The largest absolute Gasteiger partial charge is 0.439 e. The summed E-state index contributed by atoms with van der Waals surface area (Å²) in [6, 6.07) is 16.6. The Morgan fingerprint density at radius 1 is 1.06 bits per heavy atom. The Hall–Kier alpha value is -3.98. The fraction of sp³-hybridized carbons (Fsp3) is 0.0435. The molecule has 4 aromatic heterocycles. The van der Waals surface area contributed by atoms with Gasteiger partial charge in [-0.05, 0) is 36.4 Å². The van der Waals surface area contributed by atoms with E-state index in [-0.39, 0.29) is 5.91 Å². The summed E-state index contributed by atoms with van der Waals surface area (Å²) in [4.78, 5) is 21.3. The number of ether oxygens (including phenoxy) is 1. The fourth-order valence-electron chi connectivity index (χ4n) is 3.17. The number of fused-ring (bicyclic) bond motifs is 1. The van der Waals surface area contributed by atoms with Gasteiger partial charge in [-0.1, -0.05) is 28.1 Å². The highest BCUT2D eigenvalue weighted by molar-refractivity contribution is 9.10. The quantitative estimate of drug-likeness (QED) is 0.371. The average molecular weight is 489 g/mol. The van der Waals surface area contributed by atoms with Crippen LogP contribution >= 0.6 is 15.9 Å². The number of nitrogens with zero attached hydrogens (tertiary/aromatic N) is 5. The van der Waals surface area contributed by atoms with Gasteiger partial charge in [0.1, 0.15) is 11.4 Å². The Morgan fingerprint density at radius 3 is 2.81 bits per heavy atom. The van der Waals surface area contributed by atoms with Gasteiger partial charge in [0.2, 0.25) is 5.88 Å². The molecular weight excluding hydrogens is 472 g/mol. The van der Waals surface area contributed by atoms with Crippen LogP contribution in [0.1, 0.15) is 16.1 Å². The first-order chi connectivity index (χ1) is 15.6. The van der Waals surface area contributed by atoms with Crippen LogP contribution in [0.5, 0.6) is 11.6 Å². The van der Waals surface area contributed by atoms with E-state index >= 15 is 0 Å². The lowest BCUT2D eigenvalue weighted by Gasteiger charge is -2.06. The van der Waals surface area contributed by atoms with Crippen LogP contribution in [0.2, 0.25) is 0 Å². The number of benzene rings is 1. The van der Waals surface area contributed by atoms with E-state index in [0.717, 1.165) is 15.8 Å². The van der Waals surface area contributed by atoms with Gasteiger partial charge >= 0.3 is 0 Å². The van der Waals surface area contributed by atoms with Crippen LogP contribution < -0.4 is 10.1 Å². The highest BCUT2D eigenvalue weighted by Crippen LogP contribution is 2.23. The van der Waals surface area contributed by atoms with Crippen LogP contribution in [0.15, 0.2) is 90.1 Å². The predicted molar refractivity (Wildman–Crippen MR) is 123 cm³/mol. The van der Waals surface area contributed by atoms with Crippen molar-refractivity contribution in [2.45, 2.75) is 6.54 Å². The van der Waals surface area contributed by atoms with Crippen molar-refractivity contribution >= 4 is 33.2 Å². The average Bonchev–Trinajstić information content (AvgIpc) is 3.40. The summed E-state index contributed by atoms with van der Waals surface area (Å²) in [5.41, 5.74) is 2.76. The van der Waals surface area contributed by atoms with Crippen molar-refractivity contribution in [3.63, 3.8) is 0 Å². The number of carbonyl (C=O) groups excluding carboxylic acids is 1. The second-order valence-corrected chi connectivity index (χ2v) is 7.94. The Balaban J connectivity index is 1.21. The second-order valence-electron chi connectivity index (χ2n) is 7.02. The number of pyridine rings is 2. The van der Waals surface area contributed by atoms with Gasteiger partial charge in [0, 0.05) is 35.3 Å². The van der Waals surface area contributed by atoms with Crippen molar-refractivity contribution in [2.75, 3.05) is 5.32 Å². The number of amides is 1. The van der Waals surface area contributed by atoms with Crippen molar-refractivity contribution in [3.8, 4) is 11.6 Å². The van der Waals surface area contributed by atoms with Gasteiger partial charge in [-0.2, -0.15) is 5.10 Å². The van der Waals surface area contributed by atoms with Crippen LogP contribution in [0.4, 0.5) is 5.69 Å². The molecule has 0 aliphatic rings. The molecule has 0 saturated carbocycles. The topological polar surface area (TPSA) is 86.3 Å². The lowest BCUT2D eigenvalue weighted by molar-refractivity contribution is 0.102. The predicted octanol–water partition coefficient (Wildman–Crippen LogP) is 4.78. The zero-order valence-corrected chi connectivity index (χ0v) is 18.3. The first-order valence-electron chi connectivity index (χ1n) is 9.78. The Bertz CT molecular complexity index is 1360. The summed E-state index contributed by atoms with van der Waals surface area (Å²) in [6.07, 6.45) is 8.75. The molecule has 0 radical (unpaired) electrons. The number of nitrogens with one attached hydrogen (secondary N) is 1. The second kappa shape index (κ2) is 8.64. The molecule has 158 valence electrons. The van der Waals surface area contributed by atoms with E-state index in [1.165, 1.54) is 6.20 Å². The van der Waals surface area contributed by atoms with Crippen molar-refractivity contribution < 1.29 is 9.53 Å². The van der Waals surface area contributed by atoms with E-state index in [2.05, 4.69) is 36.3 Å². The van der Waals surface area contributed by atoms with Crippen LogP contribution in [0.3, 0.4) is 0 Å². The number of anilines is 1. The third-order valence-electron chi connectivity index (χ3n) is 4.65. The maximum absolute atomic E-state index is 12.6. The molecule has 1 N–H and O–H groups in total. The molecule has 8 nitrogen and oxygen atoms in total. The van der Waals surface area contributed by atoms with Crippen molar-refractivity contribution in [1.29, 1.82) is 0 Å². The van der Waals surface area contributed by atoms with E-state index in [9.17, 15) is 4.79 Å². The monoisotopic (exact) mass is 488 g/mol. The summed E-state index contributed by atoms with van der Waals surface area (Å²) in [7, 11) is 0. The van der Waals surface area contributed by atoms with Crippen LogP contribution in [0, 0.1) is 0 Å². The van der Waals surface area contributed by atoms with Gasteiger partial charge in [0.05, 0.1) is 29.7 Å². The SMILES string of the molecule is O=C(Nc1cnn(Cc2cn3ccccc3n2)c1)c1ccc(Oc2cccc(Br)c2)nc1. The van der Waals surface area contributed by atoms with E-state index < -0.39 is 0 Å². The normalized spacial score (nSPS) is 10.9. The minimum atomic E-state index is -0.279. The molecule has 1 amide bonds. The zero-order chi connectivity index (χ0) is 21.9. The number of halogens is 1. The minimum Gasteiger partial charge on any atom is -0.439 e. The third kappa shape index (κ3) is 4.52. The van der Waals surface area contributed by atoms with Gasteiger partial charge in [-0.25, -0.2) is 9.97 Å². The standard InChI is InChI=1S/C23H17BrN6O2/c24-17-4-3-5-20(10-17)32-22-8-7-16(11-25-22)23(31)28-18-12-26-30(14-18)15-19-13-29-9-2-1-6-21(29)27-19/h1-14H,15H2,(H,28,31). The summed E-state index contributed by atoms with van der Waals surface area (Å²) >= 11 is 3.40. The first kappa shape index (κ1) is 20.0. The summed E-state index contributed by atoms with van der Waals surface area (Å²) in [6.45, 7) is 0.501. The molecule has 0 unspecified atom stereocenters. The van der Waals surface area contributed by atoms with Crippen LogP contribution in [-0.4, -0.2) is 30.1 Å². The molecule has 0 bridgehead atoms. The molecule has 0 spiro atoms. The molecule has 5 rings (SSSR count). The molecule has 0 atom stereocenters. The zero-order valence-electron chi connectivity index (χ0n) is 16.7. The molecule has 0 aliphatic heterocycles. The molecule has 1 aromatic carbocycles. The summed E-state index contributed by atoms with van der Waals surface area (Å²) in [5.74, 6) is 0.779. The highest BCUT2D eigenvalue weighted by atomic mass is 79.9. The number of carbonyl (C=O) groups is 1. The van der Waals surface area contributed by atoms with Crippen LogP contribution in [-0.2, 0) is 6.54 Å². The van der Waals surface area contributed by atoms with Gasteiger partial charge in [-0.3, -0.25) is 9.48 Å². The maximum atomic E-state index is 12.6. The smallest absolute Gasteiger partial charge is 0.257 e. The van der Waals surface area contributed by atoms with Crippen molar-refractivity contribution in [1.82, 2.24) is 24.1 Å². The molecule has 0 fully saturated rings. The summed E-state index contributed by atoms with van der Waals surface area (Å²) < 4.78 is 10.3. The third-order valence-corrected chi connectivity index (χ3v) is 5.14. The molecule has 5 aromatic rings. The van der Waals surface area contributed by atoms with E-state index in [1.807, 2.05) is 59.3 Å². The Kier molecular flexibility index (Phi) is 5.39. The van der Waals surface area contributed by atoms with E-state index in [4.69, 9.17) is 4.74 Å². The number of rotatable bonds is 6. The van der Waals surface area contributed by atoms with E-state index in [1.54, 1.807) is 29.2 Å². The molecule has 0 aliphatic carbocycles. The van der Waals surface area contributed by atoms with Crippen molar-refractivity contribution in [2.24, 2.45) is 0 Å². The molecular formula is C23H17BrN6O2.